The zero-order chi connectivity index (χ0) is 13.7. The molecule has 0 aliphatic heterocycles. The number of hydrogen-bond acceptors (Lipinski definition) is 3. The molecule has 1 aromatic carbocycles. The molecule has 2 rings (SSSR count). The lowest BCUT2D eigenvalue weighted by molar-refractivity contribution is -0.384. The first-order valence-corrected chi connectivity index (χ1v) is 7.79. The summed E-state index contributed by atoms with van der Waals surface area (Å²) in [6.45, 7) is 0.697. The highest BCUT2D eigenvalue weighted by atomic mass is 79.9. The van der Waals surface area contributed by atoms with Crippen LogP contribution in [-0.2, 0) is 5.33 Å². The molecule has 0 N–H and O–H groups in total. The molecular formula is C14H18BrNO3. The third-order valence-corrected chi connectivity index (χ3v) is 4.26. The summed E-state index contributed by atoms with van der Waals surface area (Å²) in [5.41, 5.74) is 0.943. The quantitative estimate of drug-likeness (QED) is 0.440. The Hall–Kier alpha value is -1.10. The lowest BCUT2D eigenvalue weighted by Crippen LogP contribution is -2.05. The van der Waals surface area contributed by atoms with E-state index in [2.05, 4.69) is 15.9 Å². The average molecular weight is 328 g/mol. The maximum atomic E-state index is 10.7. The molecule has 0 saturated heterocycles. The summed E-state index contributed by atoms with van der Waals surface area (Å²) >= 11 is 3.35. The van der Waals surface area contributed by atoms with Crippen molar-refractivity contribution in [2.75, 3.05) is 6.61 Å². The molecule has 19 heavy (non-hydrogen) atoms. The van der Waals surface area contributed by atoms with Crippen LogP contribution >= 0.6 is 15.9 Å². The van der Waals surface area contributed by atoms with Crippen molar-refractivity contribution in [2.45, 2.75) is 37.4 Å². The van der Waals surface area contributed by atoms with Crippen molar-refractivity contribution in [2.24, 2.45) is 5.92 Å². The van der Waals surface area contributed by atoms with Crippen LogP contribution in [0.3, 0.4) is 0 Å². The number of hydrogen-bond donors (Lipinski definition) is 0. The molecule has 1 aliphatic carbocycles. The third kappa shape index (κ3) is 3.93. The molecule has 0 spiro atoms. The van der Waals surface area contributed by atoms with Crippen LogP contribution < -0.4 is 4.74 Å². The Morgan fingerprint density at radius 2 is 2.11 bits per heavy atom. The van der Waals surface area contributed by atoms with Gasteiger partial charge in [-0.3, -0.25) is 10.1 Å². The molecule has 1 fully saturated rings. The minimum Gasteiger partial charge on any atom is -0.493 e. The van der Waals surface area contributed by atoms with Gasteiger partial charge in [-0.15, -0.1) is 0 Å². The first-order chi connectivity index (χ1) is 9.20. The van der Waals surface area contributed by atoms with E-state index < -0.39 is 0 Å². The van der Waals surface area contributed by atoms with Crippen LogP contribution in [-0.4, -0.2) is 11.5 Å². The second kappa shape index (κ2) is 6.89. The molecule has 0 heterocycles. The topological polar surface area (TPSA) is 52.4 Å². The highest BCUT2D eigenvalue weighted by Crippen LogP contribution is 2.29. The van der Waals surface area contributed by atoms with Crippen LogP contribution in [0.15, 0.2) is 18.2 Å². The van der Waals surface area contributed by atoms with Crippen molar-refractivity contribution in [1.82, 2.24) is 0 Å². The van der Waals surface area contributed by atoms with Crippen LogP contribution in [0.1, 0.15) is 37.7 Å². The van der Waals surface area contributed by atoms with Gasteiger partial charge >= 0.3 is 0 Å². The molecule has 1 aromatic rings. The maximum Gasteiger partial charge on any atom is 0.270 e. The van der Waals surface area contributed by atoms with Gasteiger partial charge in [-0.05, 0) is 18.4 Å². The van der Waals surface area contributed by atoms with Gasteiger partial charge in [-0.2, -0.15) is 0 Å². The molecule has 4 nitrogen and oxygen atoms in total. The fourth-order valence-corrected chi connectivity index (χ4v) is 3.00. The van der Waals surface area contributed by atoms with Crippen molar-refractivity contribution in [1.29, 1.82) is 0 Å². The van der Waals surface area contributed by atoms with Gasteiger partial charge in [0.2, 0.25) is 0 Å². The fraction of sp³-hybridized carbons (Fsp3) is 0.571. The molecule has 0 amide bonds. The van der Waals surface area contributed by atoms with E-state index in [0.29, 0.717) is 11.9 Å². The van der Waals surface area contributed by atoms with E-state index in [0.717, 1.165) is 23.7 Å². The normalized spacial score (nSPS) is 15.6. The summed E-state index contributed by atoms with van der Waals surface area (Å²) in [5, 5.41) is 11.3. The Labute approximate surface area is 121 Å². The van der Waals surface area contributed by atoms with E-state index in [9.17, 15) is 10.1 Å². The Morgan fingerprint density at radius 1 is 1.37 bits per heavy atom. The number of halogens is 1. The first-order valence-electron chi connectivity index (χ1n) is 6.67. The van der Waals surface area contributed by atoms with Gasteiger partial charge in [0.05, 0.1) is 11.5 Å². The zero-order valence-electron chi connectivity index (χ0n) is 10.8. The smallest absolute Gasteiger partial charge is 0.270 e. The lowest BCUT2D eigenvalue weighted by atomic mass is 10.1. The largest absolute Gasteiger partial charge is 0.493 e. The number of non-ortho nitro benzene ring substituents is 1. The summed E-state index contributed by atoms with van der Waals surface area (Å²) in [5.74, 6) is 1.55. The van der Waals surface area contributed by atoms with E-state index in [1.165, 1.54) is 31.7 Å². The van der Waals surface area contributed by atoms with E-state index in [1.807, 2.05) is 0 Å². The van der Waals surface area contributed by atoms with Crippen molar-refractivity contribution in [3.05, 3.63) is 33.9 Å². The maximum absolute atomic E-state index is 10.7. The van der Waals surface area contributed by atoms with Crippen molar-refractivity contribution >= 4 is 21.6 Å². The molecule has 0 unspecified atom stereocenters. The number of ether oxygens (including phenoxy) is 1. The second-order valence-electron chi connectivity index (χ2n) is 4.97. The Bertz CT molecular complexity index is 444. The number of nitro groups is 1. The molecule has 1 saturated carbocycles. The molecular weight excluding hydrogens is 310 g/mol. The molecule has 0 aromatic heterocycles. The van der Waals surface area contributed by atoms with Crippen LogP contribution in [0.25, 0.3) is 0 Å². The van der Waals surface area contributed by atoms with Gasteiger partial charge in [-0.25, -0.2) is 0 Å². The van der Waals surface area contributed by atoms with Crippen LogP contribution in [0, 0.1) is 16.0 Å². The van der Waals surface area contributed by atoms with E-state index in [4.69, 9.17) is 4.74 Å². The highest BCUT2D eigenvalue weighted by Gasteiger charge is 2.15. The van der Waals surface area contributed by atoms with Gasteiger partial charge in [0.25, 0.3) is 5.69 Å². The van der Waals surface area contributed by atoms with Crippen LogP contribution in [0.2, 0.25) is 0 Å². The zero-order valence-corrected chi connectivity index (χ0v) is 12.4. The SMILES string of the molecule is O=[N+]([O-])c1ccc(OCCC2CCCC2)c(CBr)c1. The van der Waals surface area contributed by atoms with Gasteiger partial charge in [0, 0.05) is 23.0 Å². The summed E-state index contributed by atoms with van der Waals surface area (Å²) in [4.78, 5) is 10.3. The molecule has 5 heteroatoms. The Morgan fingerprint density at radius 3 is 2.74 bits per heavy atom. The summed E-state index contributed by atoms with van der Waals surface area (Å²) in [6.07, 6.45) is 6.40. The minimum atomic E-state index is -0.380. The number of rotatable bonds is 6. The van der Waals surface area contributed by atoms with E-state index in [-0.39, 0.29) is 10.6 Å². The van der Waals surface area contributed by atoms with Gasteiger partial charge in [-0.1, -0.05) is 41.6 Å². The summed E-state index contributed by atoms with van der Waals surface area (Å²) < 4.78 is 5.77. The van der Waals surface area contributed by atoms with Crippen molar-refractivity contribution < 1.29 is 9.66 Å². The van der Waals surface area contributed by atoms with Crippen molar-refractivity contribution in [3.63, 3.8) is 0 Å². The number of benzene rings is 1. The number of alkyl halides is 1. The Balaban J connectivity index is 1.93. The van der Waals surface area contributed by atoms with E-state index in [1.54, 1.807) is 12.1 Å². The standard InChI is InChI=1S/C14H18BrNO3/c15-10-12-9-13(16(17)18)5-6-14(12)19-8-7-11-3-1-2-4-11/h5-6,9,11H,1-4,7-8,10H2. The number of nitro benzene ring substituents is 1. The second-order valence-corrected chi connectivity index (χ2v) is 5.53. The molecule has 1 aliphatic rings. The molecule has 0 bridgehead atoms. The first kappa shape index (κ1) is 14.3. The highest BCUT2D eigenvalue weighted by molar-refractivity contribution is 9.08. The minimum absolute atomic E-state index is 0.109. The van der Waals surface area contributed by atoms with Gasteiger partial charge < -0.3 is 4.74 Å². The van der Waals surface area contributed by atoms with Gasteiger partial charge in [0.1, 0.15) is 5.75 Å². The predicted octanol–water partition coefficient (Wildman–Crippen LogP) is 4.45. The molecule has 104 valence electrons. The monoisotopic (exact) mass is 327 g/mol. The Kier molecular flexibility index (Phi) is 5.19. The van der Waals surface area contributed by atoms with Crippen LogP contribution in [0.4, 0.5) is 5.69 Å². The van der Waals surface area contributed by atoms with Gasteiger partial charge in [0.15, 0.2) is 0 Å². The average Bonchev–Trinajstić information content (AvgIpc) is 2.92. The van der Waals surface area contributed by atoms with E-state index >= 15 is 0 Å². The van der Waals surface area contributed by atoms with Crippen molar-refractivity contribution in [3.8, 4) is 5.75 Å². The summed E-state index contributed by atoms with van der Waals surface area (Å²) in [7, 11) is 0. The fourth-order valence-electron chi connectivity index (χ4n) is 2.56. The van der Waals surface area contributed by atoms with Crippen LogP contribution in [0.5, 0.6) is 5.75 Å². The lowest BCUT2D eigenvalue weighted by Gasteiger charge is -2.12. The predicted molar refractivity (Wildman–Crippen MR) is 77.8 cm³/mol. The number of nitrogens with zero attached hydrogens (tertiary/aromatic N) is 1. The molecule has 0 radical (unpaired) electrons. The summed E-state index contributed by atoms with van der Waals surface area (Å²) in [6, 6.07) is 4.76. The molecule has 0 atom stereocenters. The third-order valence-electron chi connectivity index (χ3n) is 3.66.